The summed E-state index contributed by atoms with van der Waals surface area (Å²) in [6.07, 6.45) is 24.3. The Kier molecular flexibility index (Phi) is 23.4. The highest BCUT2D eigenvalue weighted by atomic mass is 35.5. The van der Waals surface area contributed by atoms with E-state index in [9.17, 15) is 0 Å². The van der Waals surface area contributed by atoms with Crippen LogP contribution in [0.15, 0.2) is 29.8 Å². The molecule has 0 aliphatic heterocycles. The molecule has 0 aliphatic carbocycles. The summed E-state index contributed by atoms with van der Waals surface area (Å²) in [6.45, 7) is 9.00. The molecular formula is C29H54ClN. The van der Waals surface area contributed by atoms with E-state index in [2.05, 4.69) is 52.0 Å². The van der Waals surface area contributed by atoms with Crippen molar-refractivity contribution in [3.8, 4) is 0 Å². The minimum atomic E-state index is 0. The summed E-state index contributed by atoms with van der Waals surface area (Å²) in [5, 5.41) is 0. The SMILES string of the molecule is CCCCCCCCCCCCCCCCCCC(=C(C)C)c1ccc(C)cc1.[Cl-].[NH4+]. The lowest BCUT2D eigenvalue weighted by Crippen LogP contribution is -3.00. The van der Waals surface area contributed by atoms with E-state index in [0.717, 1.165) is 0 Å². The van der Waals surface area contributed by atoms with Gasteiger partial charge in [0.2, 0.25) is 0 Å². The Morgan fingerprint density at radius 1 is 0.581 bits per heavy atom. The van der Waals surface area contributed by atoms with Crippen molar-refractivity contribution in [1.82, 2.24) is 6.15 Å². The van der Waals surface area contributed by atoms with Crippen LogP contribution in [-0.4, -0.2) is 0 Å². The lowest BCUT2D eigenvalue weighted by atomic mass is 9.95. The van der Waals surface area contributed by atoms with Crippen molar-refractivity contribution in [2.45, 2.75) is 137 Å². The Balaban J connectivity index is 0. The van der Waals surface area contributed by atoms with Gasteiger partial charge in [0.25, 0.3) is 0 Å². The van der Waals surface area contributed by atoms with Gasteiger partial charge in [-0.2, -0.15) is 0 Å². The smallest absolute Gasteiger partial charge is 0.0225 e. The normalized spacial score (nSPS) is 10.3. The summed E-state index contributed by atoms with van der Waals surface area (Å²) in [7, 11) is 0. The van der Waals surface area contributed by atoms with Crippen LogP contribution in [-0.2, 0) is 0 Å². The number of quaternary nitrogens is 1. The van der Waals surface area contributed by atoms with Crippen LogP contribution >= 0.6 is 0 Å². The van der Waals surface area contributed by atoms with Gasteiger partial charge < -0.3 is 18.6 Å². The van der Waals surface area contributed by atoms with Crippen LogP contribution < -0.4 is 18.6 Å². The average Bonchev–Trinajstić information content (AvgIpc) is 2.71. The molecule has 0 aromatic heterocycles. The highest BCUT2D eigenvalue weighted by Crippen LogP contribution is 2.25. The number of aryl methyl sites for hydroxylation is 1. The Morgan fingerprint density at radius 3 is 1.29 bits per heavy atom. The monoisotopic (exact) mass is 451 g/mol. The maximum atomic E-state index is 2.30. The van der Waals surface area contributed by atoms with Gasteiger partial charge >= 0.3 is 0 Å². The number of hydrogen-bond donors (Lipinski definition) is 1. The number of hydrogen-bond acceptors (Lipinski definition) is 0. The van der Waals surface area contributed by atoms with Crippen molar-refractivity contribution >= 4 is 5.57 Å². The third-order valence-corrected chi connectivity index (χ3v) is 6.28. The maximum absolute atomic E-state index is 2.30. The van der Waals surface area contributed by atoms with Crippen molar-refractivity contribution in [3.05, 3.63) is 41.0 Å². The summed E-state index contributed by atoms with van der Waals surface area (Å²) in [5.41, 5.74) is 5.83. The average molecular weight is 452 g/mol. The molecular weight excluding hydrogens is 398 g/mol. The third kappa shape index (κ3) is 17.4. The Bertz CT molecular complexity index is 528. The third-order valence-electron chi connectivity index (χ3n) is 6.28. The lowest BCUT2D eigenvalue weighted by molar-refractivity contribution is -0.00000693. The van der Waals surface area contributed by atoms with Crippen molar-refractivity contribution in [2.24, 2.45) is 0 Å². The molecule has 0 spiro atoms. The van der Waals surface area contributed by atoms with Crippen LogP contribution in [0.4, 0.5) is 0 Å². The zero-order valence-electron chi connectivity index (χ0n) is 21.7. The molecule has 0 radical (unpaired) electrons. The lowest BCUT2D eigenvalue weighted by Gasteiger charge is -2.11. The summed E-state index contributed by atoms with van der Waals surface area (Å²) in [6, 6.07) is 9.08. The van der Waals surface area contributed by atoms with Gasteiger partial charge in [0, 0.05) is 0 Å². The van der Waals surface area contributed by atoms with Crippen LogP contribution in [0.5, 0.6) is 0 Å². The molecule has 0 saturated heterocycles. The predicted molar refractivity (Wildman–Crippen MR) is 140 cm³/mol. The molecule has 4 N–H and O–H groups in total. The molecule has 182 valence electrons. The summed E-state index contributed by atoms with van der Waals surface area (Å²) >= 11 is 0. The fourth-order valence-corrected chi connectivity index (χ4v) is 4.29. The van der Waals surface area contributed by atoms with E-state index < -0.39 is 0 Å². The van der Waals surface area contributed by atoms with Crippen LogP contribution in [0, 0.1) is 6.92 Å². The molecule has 0 fully saturated rings. The first-order valence-electron chi connectivity index (χ1n) is 12.9. The second-order valence-electron chi connectivity index (χ2n) is 9.40. The number of unbranched alkanes of at least 4 members (excludes halogenated alkanes) is 15. The van der Waals surface area contributed by atoms with Crippen LogP contribution in [0.25, 0.3) is 5.57 Å². The Labute approximate surface area is 201 Å². The molecule has 1 nitrogen and oxygen atoms in total. The van der Waals surface area contributed by atoms with Crippen molar-refractivity contribution in [2.75, 3.05) is 0 Å². The largest absolute Gasteiger partial charge is 1.00 e. The summed E-state index contributed by atoms with van der Waals surface area (Å²) in [5.74, 6) is 0. The van der Waals surface area contributed by atoms with Crippen LogP contribution in [0.3, 0.4) is 0 Å². The first kappa shape index (κ1) is 32.4. The highest BCUT2D eigenvalue weighted by Gasteiger charge is 2.04. The first-order valence-corrected chi connectivity index (χ1v) is 12.9. The molecule has 1 rings (SSSR count). The van der Waals surface area contributed by atoms with E-state index in [-0.39, 0.29) is 18.6 Å². The van der Waals surface area contributed by atoms with E-state index in [1.54, 1.807) is 5.57 Å². The number of benzene rings is 1. The first-order chi connectivity index (χ1) is 14.1. The van der Waals surface area contributed by atoms with Gasteiger partial charge in [0.05, 0.1) is 0 Å². The van der Waals surface area contributed by atoms with Gasteiger partial charge in [0.1, 0.15) is 0 Å². The van der Waals surface area contributed by atoms with Gasteiger partial charge in [-0.3, -0.25) is 0 Å². The molecule has 1 aromatic carbocycles. The fraction of sp³-hybridized carbons (Fsp3) is 0.724. The summed E-state index contributed by atoms with van der Waals surface area (Å²) in [4.78, 5) is 0. The fourth-order valence-electron chi connectivity index (χ4n) is 4.29. The van der Waals surface area contributed by atoms with Gasteiger partial charge in [-0.25, -0.2) is 0 Å². The number of rotatable bonds is 18. The minimum absolute atomic E-state index is 0. The molecule has 0 unspecified atom stereocenters. The predicted octanol–water partition coefficient (Wildman–Crippen LogP) is 7.82. The number of halogens is 1. The highest BCUT2D eigenvalue weighted by molar-refractivity contribution is 5.68. The zero-order chi connectivity index (χ0) is 21.2. The van der Waals surface area contributed by atoms with Crippen molar-refractivity contribution < 1.29 is 12.4 Å². The maximum Gasteiger partial charge on any atom is -0.0225 e. The Morgan fingerprint density at radius 2 is 0.935 bits per heavy atom. The van der Waals surface area contributed by atoms with Gasteiger partial charge in [-0.05, 0) is 44.7 Å². The minimum Gasteiger partial charge on any atom is -1.00 e. The van der Waals surface area contributed by atoms with Crippen molar-refractivity contribution in [3.63, 3.8) is 0 Å². The quantitative estimate of drug-likeness (QED) is 0.221. The second kappa shape index (κ2) is 22.4. The molecule has 1 aromatic rings. The van der Waals surface area contributed by atoms with Gasteiger partial charge in [-0.1, -0.05) is 139 Å². The molecule has 0 saturated carbocycles. The Hall–Kier alpha value is -0.790. The van der Waals surface area contributed by atoms with E-state index >= 15 is 0 Å². The number of allylic oxidation sites excluding steroid dienone is 2. The van der Waals surface area contributed by atoms with Crippen LogP contribution in [0.2, 0.25) is 0 Å². The standard InChI is InChI=1S/C29H50.ClH.H3N/c1-5-6-7-8-9-10-11-12-13-14-15-16-17-18-19-20-21-29(26(2)3)28-24-22-27(4)23-25-28;;/h22-25H,5-21H2,1-4H3;1H;1H3. The van der Waals surface area contributed by atoms with E-state index in [4.69, 9.17) is 0 Å². The van der Waals surface area contributed by atoms with E-state index in [1.807, 2.05) is 0 Å². The molecule has 0 amide bonds. The van der Waals surface area contributed by atoms with Gasteiger partial charge in [0.15, 0.2) is 0 Å². The summed E-state index contributed by atoms with van der Waals surface area (Å²) < 4.78 is 0. The molecule has 0 bridgehead atoms. The topological polar surface area (TPSA) is 36.5 Å². The molecule has 0 atom stereocenters. The molecule has 0 heterocycles. The van der Waals surface area contributed by atoms with E-state index in [1.165, 1.54) is 126 Å². The zero-order valence-corrected chi connectivity index (χ0v) is 22.5. The molecule has 0 aliphatic rings. The molecule has 31 heavy (non-hydrogen) atoms. The molecule has 2 heteroatoms. The van der Waals surface area contributed by atoms with E-state index in [0.29, 0.717) is 0 Å². The van der Waals surface area contributed by atoms with Gasteiger partial charge in [-0.15, -0.1) is 0 Å². The second-order valence-corrected chi connectivity index (χ2v) is 9.40. The van der Waals surface area contributed by atoms with Crippen molar-refractivity contribution in [1.29, 1.82) is 0 Å². The van der Waals surface area contributed by atoms with Crippen LogP contribution in [0.1, 0.15) is 141 Å².